The Morgan fingerprint density at radius 3 is 1.56 bits per heavy atom. The SMILES string of the molecule is c1ccc(-c2ccccc2-c2ccccc2-c2ccccc2N(c2ccc(-c3cccc(-n4c5ccccc5c5ccccc54)c3)cc2)c2cccc3c2oc2ccccc23)cc1. The van der Waals surface area contributed by atoms with E-state index in [0.717, 1.165) is 66.9 Å². The van der Waals surface area contributed by atoms with Gasteiger partial charge in [-0.3, -0.25) is 0 Å². The summed E-state index contributed by atoms with van der Waals surface area (Å²) in [6.07, 6.45) is 0. The molecular weight excluding hydrogens is 765 g/mol. The lowest BCUT2D eigenvalue weighted by Gasteiger charge is -2.28. The molecule has 0 atom stereocenters. The summed E-state index contributed by atoms with van der Waals surface area (Å²) in [7, 11) is 0. The van der Waals surface area contributed by atoms with Crippen LogP contribution in [0, 0.1) is 0 Å². The van der Waals surface area contributed by atoms with Crippen LogP contribution in [0.25, 0.3) is 93.9 Å². The summed E-state index contributed by atoms with van der Waals surface area (Å²) >= 11 is 0. The molecule has 0 N–H and O–H groups in total. The molecule has 0 aliphatic rings. The number of para-hydroxylation sites is 5. The minimum atomic E-state index is 0.846. The number of furan rings is 1. The molecule has 2 aromatic heterocycles. The number of rotatable bonds is 8. The van der Waals surface area contributed by atoms with Gasteiger partial charge in [0.1, 0.15) is 5.58 Å². The van der Waals surface area contributed by atoms with Crippen molar-refractivity contribution in [1.82, 2.24) is 4.57 Å². The van der Waals surface area contributed by atoms with Gasteiger partial charge in [-0.2, -0.15) is 0 Å². The maximum atomic E-state index is 6.77. The number of hydrogen-bond acceptors (Lipinski definition) is 2. The van der Waals surface area contributed by atoms with Gasteiger partial charge >= 0.3 is 0 Å². The Kier molecular flexibility index (Phi) is 8.83. The third-order valence-electron chi connectivity index (χ3n) is 12.4. The molecule has 0 amide bonds. The van der Waals surface area contributed by atoms with E-state index >= 15 is 0 Å². The van der Waals surface area contributed by atoms with E-state index in [1.807, 2.05) is 6.07 Å². The van der Waals surface area contributed by atoms with Crippen molar-refractivity contribution in [2.75, 3.05) is 4.90 Å². The van der Waals surface area contributed by atoms with Crippen molar-refractivity contribution in [1.29, 1.82) is 0 Å². The molecule has 0 fully saturated rings. The highest BCUT2D eigenvalue weighted by Gasteiger charge is 2.24. The molecule has 0 aliphatic carbocycles. The Hall–Kier alpha value is -8.40. The van der Waals surface area contributed by atoms with Crippen molar-refractivity contribution in [3.8, 4) is 50.2 Å². The normalized spacial score (nSPS) is 11.5. The minimum Gasteiger partial charge on any atom is -0.454 e. The zero-order chi connectivity index (χ0) is 41.7. The smallest absolute Gasteiger partial charge is 0.159 e. The van der Waals surface area contributed by atoms with E-state index in [-0.39, 0.29) is 0 Å². The highest BCUT2D eigenvalue weighted by Crippen LogP contribution is 2.48. The monoisotopic (exact) mass is 804 g/mol. The minimum absolute atomic E-state index is 0.846. The first-order valence-corrected chi connectivity index (χ1v) is 21.5. The van der Waals surface area contributed by atoms with Gasteiger partial charge in [0.15, 0.2) is 5.58 Å². The molecule has 12 rings (SSSR count). The van der Waals surface area contributed by atoms with Gasteiger partial charge in [0.2, 0.25) is 0 Å². The van der Waals surface area contributed by atoms with Crippen LogP contribution in [-0.2, 0) is 0 Å². The zero-order valence-electron chi connectivity index (χ0n) is 34.4. The molecule has 0 bridgehead atoms. The molecule has 0 spiro atoms. The molecule has 0 unspecified atom stereocenters. The highest BCUT2D eigenvalue weighted by molar-refractivity contribution is 6.11. The summed E-state index contributed by atoms with van der Waals surface area (Å²) in [5, 5.41) is 4.70. The second kappa shape index (κ2) is 15.3. The van der Waals surface area contributed by atoms with Crippen LogP contribution in [-0.4, -0.2) is 4.57 Å². The average molecular weight is 805 g/mol. The molecule has 2 heterocycles. The summed E-state index contributed by atoms with van der Waals surface area (Å²) in [4.78, 5) is 2.37. The standard InChI is InChI=1S/C60H40N2O/c1-2-18-42(19-3-1)46-22-4-5-23-47(46)48-24-6-7-25-49(48)50-26-8-12-31-55(50)61(58-34-17-30-54-53-29-11-15-35-59(53)63-60(54)58)44-38-36-41(37-39-44)43-20-16-21-45(40-43)62-56-32-13-9-27-51(56)52-28-10-14-33-57(52)62/h1-40H. The molecule has 10 aromatic carbocycles. The number of fused-ring (bicyclic) bond motifs is 6. The molecule has 0 aliphatic heterocycles. The van der Waals surface area contributed by atoms with E-state index in [2.05, 4.69) is 246 Å². The summed E-state index contributed by atoms with van der Waals surface area (Å²) in [6.45, 7) is 0. The quantitative estimate of drug-likeness (QED) is 0.153. The number of hydrogen-bond donors (Lipinski definition) is 0. The predicted molar refractivity (Wildman–Crippen MR) is 264 cm³/mol. The lowest BCUT2D eigenvalue weighted by atomic mass is 9.88. The molecule has 0 radical (unpaired) electrons. The van der Waals surface area contributed by atoms with Crippen molar-refractivity contribution in [3.05, 3.63) is 243 Å². The van der Waals surface area contributed by atoms with Gasteiger partial charge in [-0.15, -0.1) is 0 Å². The van der Waals surface area contributed by atoms with Gasteiger partial charge < -0.3 is 13.9 Å². The number of aromatic nitrogens is 1. The molecule has 3 nitrogen and oxygen atoms in total. The summed E-state index contributed by atoms with van der Waals surface area (Å²) in [6, 6.07) is 87.0. The van der Waals surface area contributed by atoms with Crippen LogP contribution in [0.4, 0.5) is 17.1 Å². The molecule has 3 heteroatoms. The first-order chi connectivity index (χ1) is 31.3. The van der Waals surface area contributed by atoms with Crippen molar-refractivity contribution >= 4 is 60.8 Å². The van der Waals surface area contributed by atoms with Gasteiger partial charge in [0, 0.05) is 38.5 Å². The molecular formula is C60H40N2O. The molecule has 12 aromatic rings. The van der Waals surface area contributed by atoms with Crippen LogP contribution in [0.3, 0.4) is 0 Å². The highest BCUT2D eigenvalue weighted by atomic mass is 16.3. The van der Waals surface area contributed by atoms with Gasteiger partial charge in [-0.25, -0.2) is 0 Å². The van der Waals surface area contributed by atoms with E-state index in [4.69, 9.17) is 4.42 Å². The first kappa shape index (κ1) is 36.5. The Balaban J connectivity index is 1.02. The predicted octanol–water partition coefficient (Wildman–Crippen LogP) is 16.8. The Bertz CT molecular complexity index is 3580. The van der Waals surface area contributed by atoms with Crippen molar-refractivity contribution in [3.63, 3.8) is 0 Å². The van der Waals surface area contributed by atoms with E-state index in [1.165, 1.54) is 44.1 Å². The molecule has 0 saturated carbocycles. The Morgan fingerprint density at radius 1 is 0.317 bits per heavy atom. The average Bonchev–Trinajstić information content (AvgIpc) is 3.91. The summed E-state index contributed by atoms with van der Waals surface area (Å²) < 4.78 is 9.15. The van der Waals surface area contributed by atoms with E-state index in [9.17, 15) is 0 Å². The van der Waals surface area contributed by atoms with Crippen LogP contribution >= 0.6 is 0 Å². The fourth-order valence-electron chi connectivity index (χ4n) is 9.58. The second-order valence-electron chi connectivity index (χ2n) is 16.0. The van der Waals surface area contributed by atoms with Gasteiger partial charge in [0.25, 0.3) is 0 Å². The van der Waals surface area contributed by atoms with E-state index in [0.29, 0.717) is 0 Å². The second-order valence-corrected chi connectivity index (χ2v) is 16.0. The van der Waals surface area contributed by atoms with Gasteiger partial charge in [0.05, 0.1) is 22.4 Å². The maximum Gasteiger partial charge on any atom is 0.159 e. The van der Waals surface area contributed by atoms with Crippen LogP contribution in [0.2, 0.25) is 0 Å². The van der Waals surface area contributed by atoms with E-state index < -0.39 is 0 Å². The number of nitrogens with zero attached hydrogens (tertiary/aromatic N) is 2. The summed E-state index contributed by atoms with van der Waals surface area (Å²) in [5.74, 6) is 0. The third kappa shape index (κ3) is 6.21. The molecule has 63 heavy (non-hydrogen) atoms. The number of anilines is 3. The van der Waals surface area contributed by atoms with Crippen LogP contribution in [0.5, 0.6) is 0 Å². The van der Waals surface area contributed by atoms with Crippen molar-refractivity contribution in [2.45, 2.75) is 0 Å². The fourth-order valence-corrected chi connectivity index (χ4v) is 9.58. The van der Waals surface area contributed by atoms with Crippen LogP contribution < -0.4 is 4.90 Å². The maximum absolute atomic E-state index is 6.77. The Labute approximate surface area is 366 Å². The first-order valence-electron chi connectivity index (χ1n) is 21.5. The van der Waals surface area contributed by atoms with Crippen molar-refractivity contribution < 1.29 is 4.42 Å². The van der Waals surface area contributed by atoms with Crippen molar-refractivity contribution in [2.24, 2.45) is 0 Å². The van der Waals surface area contributed by atoms with Crippen LogP contribution in [0.1, 0.15) is 0 Å². The lowest BCUT2D eigenvalue weighted by Crippen LogP contribution is -2.11. The molecule has 296 valence electrons. The number of benzene rings is 10. The zero-order valence-corrected chi connectivity index (χ0v) is 34.4. The lowest BCUT2D eigenvalue weighted by molar-refractivity contribution is 0.669. The largest absolute Gasteiger partial charge is 0.454 e. The molecule has 0 saturated heterocycles. The van der Waals surface area contributed by atoms with Gasteiger partial charge in [-0.1, -0.05) is 188 Å². The Morgan fingerprint density at radius 2 is 0.825 bits per heavy atom. The van der Waals surface area contributed by atoms with Crippen LogP contribution in [0.15, 0.2) is 247 Å². The summed E-state index contributed by atoms with van der Waals surface area (Å²) in [5.41, 5.74) is 17.6. The third-order valence-corrected chi connectivity index (χ3v) is 12.4. The topological polar surface area (TPSA) is 21.3 Å². The van der Waals surface area contributed by atoms with E-state index in [1.54, 1.807) is 0 Å². The van der Waals surface area contributed by atoms with Gasteiger partial charge in [-0.05, 0) is 93.5 Å². The fraction of sp³-hybridized carbons (Fsp3) is 0.